The summed E-state index contributed by atoms with van der Waals surface area (Å²) < 4.78 is 35.6. The molecule has 0 saturated carbocycles. The number of amidine groups is 2. The Kier molecular flexibility index (Phi) is 18.8. The first-order valence-electron chi connectivity index (χ1n) is 29.5. The summed E-state index contributed by atoms with van der Waals surface area (Å²) in [5, 5.41) is 12.4. The largest absolute Gasteiger partial charge is 0.466 e. The van der Waals surface area contributed by atoms with Gasteiger partial charge in [0.05, 0.1) is 37.4 Å². The van der Waals surface area contributed by atoms with Crippen molar-refractivity contribution in [3.8, 4) is 0 Å². The van der Waals surface area contributed by atoms with Crippen LogP contribution < -0.4 is 20.4 Å². The molecule has 2 aromatic heterocycles. The van der Waals surface area contributed by atoms with Crippen LogP contribution in [0.4, 0.5) is 25.4 Å². The molecular formula is C65H68ClFN12O10S2. The summed E-state index contributed by atoms with van der Waals surface area (Å²) in [6.45, 7) is 15.1. The van der Waals surface area contributed by atoms with E-state index in [2.05, 4.69) is 30.4 Å². The maximum absolute atomic E-state index is 14.7. The fourth-order valence-corrected chi connectivity index (χ4v) is 13.5. The van der Waals surface area contributed by atoms with E-state index >= 15 is 0 Å². The predicted octanol–water partition coefficient (Wildman–Crippen LogP) is 8.49. The first-order valence-corrected chi connectivity index (χ1v) is 31.6. The average Bonchev–Trinajstić information content (AvgIpc) is 1.76. The van der Waals surface area contributed by atoms with Crippen LogP contribution >= 0.6 is 34.3 Å². The Labute approximate surface area is 538 Å². The van der Waals surface area contributed by atoms with Crippen LogP contribution in [0.3, 0.4) is 0 Å². The number of halogens is 2. The number of hydrogen-bond donors (Lipinski definition) is 2. The van der Waals surface area contributed by atoms with Crippen LogP contribution in [-0.4, -0.2) is 170 Å². The molecule has 4 atom stereocenters. The molecule has 0 bridgehead atoms. The average molecular weight is 1300 g/mol. The van der Waals surface area contributed by atoms with Crippen molar-refractivity contribution < 1.29 is 52.1 Å². The molecule has 26 heteroatoms. The fraction of sp³-hybridized carbons (Fsp3) is 0.354. The summed E-state index contributed by atoms with van der Waals surface area (Å²) in [5.41, 5.74) is 5.46. The van der Waals surface area contributed by atoms with Gasteiger partial charge in [-0.3, -0.25) is 39.2 Å². The zero-order valence-corrected chi connectivity index (χ0v) is 53.5. The van der Waals surface area contributed by atoms with E-state index in [9.17, 15) is 33.2 Å². The Hall–Kier alpha value is -8.88. The van der Waals surface area contributed by atoms with Crippen LogP contribution in [0.15, 0.2) is 147 Å². The summed E-state index contributed by atoms with van der Waals surface area (Å²) in [7, 11) is 2.69. The second-order valence-corrected chi connectivity index (χ2v) is 25.7. The van der Waals surface area contributed by atoms with E-state index in [1.807, 2.05) is 109 Å². The van der Waals surface area contributed by atoms with Crippen LogP contribution in [0.1, 0.15) is 77.6 Å². The number of benzene rings is 4. The van der Waals surface area contributed by atoms with Gasteiger partial charge >= 0.3 is 24.0 Å². The first kappa shape index (κ1) is 63.7. The van der Waals surface area contributed by atoms with Gasteiger partial charge in [-0.2, -0.15) is 0 Å². The lowest BCUT2D eigenvalue weighted by Crippen LogP contribution is -2.53. The zero-order valence-electron chi connectivity index (χ0n) is 51.1. The van der Waals surface area contributed by atoms with Crippen LogP contribution in [0.2, 0.25) is 5.02 Å². The number of carbonyl (C=O) groups is 6. The summed E-state index contributed by atoms with van der Waals surface area (Å²) in [4.78, 5) is 106. The number of nitrogens with one attached hydrogen (secondary N) is 2. The number of methoxy groups -OCH3 is 2. The van der Waals surface area contributed by atoms with Crippen molar-refractivity contribution in [1.29, 1.82) is 0 Å². The maximum Gasteiger partial charge on any atom is 0.338 e. The third-order valence-electron chi connectivity index (χ3n) is 17.2. The summed E-state index contributed by atoms with van der Waals surface area (Å²) in [6.07, 6.45) is 3.40. The molecule has 4 fully saturated rings. The quantitative estimate of drug-likeness (QED) is 0.0466. The predicted molar refractivity (Wildman–Crippen MR) is 342 cm³/mol. The minimum atomic E-state index is -0.798. The van der Waals surface area contributed by atoms with Gasteiger partial charge < -0.3 is 39.4 Å². The van der Waals surface area contributed by atoms with E-state index in [0.717, 1.165) is 28.1 Å². The molecule has 474 valence electrons. The highest BCUT2D eigenvalue weighted by molar-refractivity contribution is 7.12. The molecule has 0 spiro atoms. The number of amides is 4. The standard InChI is InChI=1S/C33H35FN6O5S.C32H33ClN6O5S/c1-20-24(6-5-7-25(20)34)28-27(31(42)44-4)26(36-29(37-28)30-35-12-15-46-30)18-38-13-14-39-23(16-38)17-40(32(39)43)22-10-8-21(9-11-22)33(2,3)45-19-41;1-32(2,44-19-40)21-6-10-23(11-7-21)39-17-24-16-37(13-14-38(24)31(39)42)18-25-26(30(41)43-3)27(20-4-8-22(33)9-5-20)36-28(35-25)29-34-12-15-45-29/h5-12,15,19,23,28H,13-14,16-18H2,1-4H3,(H,36,37);4-12,15,19,24,27H,13-14,16-18H2,1-3H3,(H,35,36)/t23-,28-;24-,27-/m00/s1. The second kappa shape index (κ2) is 26.9. The zero-order chi connectivity index (χ0) is 64.3. The van der Waals surface area contributed by atoms with Gasteiger partial charge in [0.25, 0.3) is 12.9 Å². The Morgan fingerprint density at radius 2 is 1.09 bits per heavy atom. The van der Waals surface area contributed by atoms with Crippen molar-refractivity contribution in [2.75, 3.05) is 89.5 Å². The number of anilines is 2. The van der Waals surface area contributed by atoms with Crippen molar-refractivity contribution in [3.63, 3.8) is 0 Å². The van der Waals surface area contributed by atoms with Crippen LogP contribution in [-0.2, 0) is 49.3 Å². The van der Waals surface area contributed by atoms with E-state index in [0.29, 0.717) is 139 Å². The Bertz CT molecular complexity index is 3850. The minimum Gasteiger partial charge on any atom is -0.466 e. The lowest BCUT2D eigenvalue weighted by atomic mass is 9.92. The molecule has 4 saturated heterocycles. The van der Waals surface area contributed by atoms with Crippen LogP contribution in [0.25, 0.3) is 0 Å². The van der Waals surface area contributed by atoms with Gasteiger partial charge in [-0.15, -0.1) is 22.7 Å². The number of esters is 2. The van der Waals surface area contributed by atoms with Gasteiger partial charge in [-0.25, -0.2) is 33.5 Å². The van der Waals surface area contributed by atoms with Crippen LogP contribution in [0.5, 0.6) is 0 Å². The summed E-state index contributed by atoms with van der Waals surface area (Å²) >= 11 is 9.04. The number of aromatic nitrogens is 2. The lowest BCUT2D eigenvalue weighted by molar-refractivity contribution is -0.142. The summed E-state index contributed by atoms with van der Waals surface area (Å²) in [5.74, 6) is -0.322. The van der Waals surface area contributed by atoms with E-state index < -0.39 is 35.2 Å². The molecule has 6 aliphatic heterocycles. The van der Waals surface area contributed by atoms with E-state index in [4.69, 9.17) is 40.5 Å². The molecule has 0 unspecified atom stereocenters. The van der Waals surface area contributed by atoms with Crippen LogP contribution in [0, 0.1) is 12.7 Å². The Morgan fingerprint density at radius 1 is 0.637 bits per heavy atom. The number of nitrogens with zero attached hydrogens (tertiary/aromatic N) is 10. The molecule has 0 aliphatic carbocycles. The molecule has 4 amide bonds. The van der Waals surface area contributed by atoms with E-state index in [-0.39, 0.29) is 30.0 Å². The van der Waals surface area contributed by atoms with Gasteiger partial charge in [-0.1, -0.05) is 60.1 Å². The number of ether oxygens (including phenoxy) is 4. The molecule has 91 heavy (non-hydrogen) atoms. The third-order valence-corrected chi connectivity index (χ3v) is 19.0. The van der Waals surface area contributed by atoms with Gasteiger partial charge in [-0.05, 0) is 105 Å². The number of urea groups is 2. The number of aliphatic imine (C=N–C) groups is 2. The van der Waals surface area contributed by atoms with E-state index in [1.165, 1.54) is 43.0 Å². The van der Waals surface area contributed by atoms with Gasteiger partial charge in [0, 0.05) is 116 Å². The smallest absolute Gasteiger partial charge is 0.338 e. The number of fused-ring (bicyclic) bond motifs is 2. The number of piperazine rings is 2. The maximum atomic E-state index is 14.7. The second-order valence-electron chi connectivity index (χ2n) is 23.5. The van der Waals surface area contributed by atoms with Crippen molar-refractivity contribution >= 4 is 94.3 Å². The minimum absolute atomic E-state index is 0.0364. The van der Waals surface area contributed by atoms with Crippen molar-refractivity contribution in [1.82, 2.24) is 40.2 Å². The molecule has 6 aromatic rings. The van der Waals surface area contributed by atoms with E-state index in [1.54, 1.807) is 53.4 Å². The molecule has 2 N–H and O–H groups in total. The number of hydrogen-bond acceptors (Lipinski definition) is 20. The fourth-order valence-electron chi connectivity index (χ4n) is 12.2. The highest BCUT2D eigenvalue weighted by atomic mass is 35.5. The SMILES string of the molecule is COC(=O)C1=C(CN2CCN3C(=O)N(c4ccc(C(C)(C)OC=O)cc4)C[C@@H]3C2)NC(c2nccs2)=N[C@H]1c1ccc(Cl)cc1.COC(=O)C1=C(CN2CCN3C(=O)N(c4ccc(C(C)(C)OC=O)cc4)C[C@@H]3C2)NC(c2nccs2)=N[C@H]1c1cccc(F)c1C. The number of rotatable bonds is 18. The van der Waals surface area contributed by atoms with Gasteiger partial charge in [0.15, 0.2) is 21.7 Å². The van der Waals surface area contributed by atoms with Crippen molar-refractivity contribution in [2.45, 2.75) is 70.0 Å². The molecule has 4 aromatic carbocycles. The molecule has 0 radical (unpaired) electrons. The molecule has 6 aliphatic rings. The molecule has 22 nitrogen and oxygen atoms in total. The van der Waals surface area contributed by atoms with Gasteiger partial charge in [0.1, 0.15) is 29.1 Å². The monoisotopic (exact) mass is 1290 g/mol. The van der Waals surface area contributed by atoms with Gasteiger partial charge in [0.2, 0.25) is 0 Å². The Morgan fingerprint density at radius 3 is 1.52 bits per heavy atom. The number of carbonyl (C=O) groups excluding carboxylic acids is 6. The molecular weight excluding hydrogens is 1230 g/mol. The molecule has 8 heterocycles. The Balaban J connectivity index is 0.000000187. The number of thiazole rings is 2. The first-order chi connectivity index (χ1) is 43.8. The topological polar surface area (TPSA) is 233 Å². The molecule has 12 rings (SSSR count). The highest BCUT2D eigenvalue weighted by Crippen LogP contribution is 2.39. The third kappa shape index (κ3) is 13.3. The van der Waals surface area contributed by atoms with Crippen molar-refractivity contribution in [3.05, 3.63) is 185 Å². The normalized spacial score (nSPS) is 20.4. The highest BCUT2D eigenvalue weighted by Gasteiger charge is 2.45. The summed E-state index contributed by atoms with van der Waals surface area (Å²) in [6, 6.07) is 25.4. The van der Waals surface area contributed by atoms with Crippen molar-refractivity contribution in [2.24, 2.45) is 9.98 Å². The lowest BCUT2D eigenvalue weighted by Gasteiger charge is -2.38.